The Kier molecular flexibility index (Phi) is 6.89. The van der Waals surface area contributed by atoms with E-state index in [-0.39, 0.29) is 6.03 Å². The van der Waals surface area contributed by atoms with Gasteiger partial charge in [0.15, 0.2) is 0 Å². The molecule has 166 valence electrons. The monoisotopic (exact) mass is 438 g/mol. The van der Waals surface area contributed by atoms with E-state index in [4.69, 9.17) is 9.47 Å². The van der Waals surface area contributed by atoms with E-state index in [2.05, 4.69) is 4.90 Å². The van der Waals surface area contributed by atoms with Crippen molar-refractivity contribution in [1.29, 1.82) is 0 Å². The summed E-state index contributed by atoms with van der Waals surface area (Å²) < 4.78 is 37.9. The number of morpholine rings is 2. The molecule has 0 bridgehead atoms. The molecule has 3 aliphatic rings. The van der Waals surface area contributed by atoms with Gasteiger partial charge in [-0.25, -0.2) is 13.2 Å². The van der Waals surface area contributed by atoms with Gasteiger partial charge in [0.05, 0.1) is 31.3 Å². The van der Waals surface area contributed by atoms with Crippen LogP contribution in [0.15, 0.2) is 29.2 Å². The molecule has 0 atom stereocenters. The standard InChI is InChI=1S/C20H30N4O5S/c25-20(23-8-12-28-13-9-23)22-6-4-21(5-7-22)17-18-2-1-3-19(16-18)30(26,27)24-10-14-29-15-11-24/h1-3,16H,4-15,17H2. The van der Waals surface area contributed by atoms with Gasteiger partial charge in [0.25, 0.3) is 0 Å². The Morgan fingerprint density at radius 1 is 0.833 bits per heavy atom. The summed E-state index contributed by atoms with van der Waals surface area (Å²) in [5.41, 5.74) is 0.970. The molecule has 10 heteroatoms. The molecule has 0 saturated carbocycles. The molecule has 0 unspecified atom stereocenters. The molecule has 0 N–H and O–H groups in total. The number of carbonyl (C=O) groups excluding carboxylic acids is 1. The molecule has 0 aliphatic carbocycles. The highest BCUT2D eigenvalue weighted by atomic mass is 32.2. The number of benzene rings is 1. The van der Waals surface area contributed by atoms with Crippen LogP contribution in [0.4, 0.5) is 4.79 Å². The Morgan fingerprint density at radius 2 is 1.43 bits per heavy atom. The fraction of sp³-hybridized carbons (Fsp3) is 0.650. The lowest BCUT2D eigenvalue weighted by Gasteiger charge is -2.38. The molecule has 1 aromatic rings. The third-order valence-electron chi connectivity index (χ3n) is 5.84. The van der Waals surface area contributed by atoms with Crippen LogP contribution < -0.4 is 0 Å². The molecule has 2 amide bonds. The lowest BCUT2D eigenvalue weighted by Crippen LogP contribution is -2.54. The summed E-state index contributed by atoms with van der Waals surface area (Å²) in [5.74, 6) is 0. The fourth-order valence-electron chi connectivity index (χ4n) is 4.05. The molecule has 0 radical (unpaired) electrons. The van der Waals surface area contributed by atoms with Gasteiger partial charge in [-0.05, 0) is 17.7 Å². The summed E-state index contributed by atoms with van der Waals surface area (Å²) in [4.78, 5) is 19.0. The first-order valence-corrected chi connectivity index (χ1v) is 12.0. The van der Waals surface area contributed by atoms with Crippen molar-refractivity contribution in [2.24, 2.45) is 0 Å². The second kappa shape index (κ2) is 9.61. The van der Waals surface area contributed by atoms with E-state index in [9.17, 15) is 13.2 Å². The van der Waals surface area contributed by atoms with E-state index in [1.807, 2.05) is 15.9 Å². The number of nitrogens with zero attached hydrogens (tertiary/aromatic N) is 4. The maximum absolute atomic E-state index is 12.9. The Hall–Kier alpha value is -1.72. The van der Waals surface area contributed by atoms with Gasteiger partial charge in [-0.3, -0.25) is 4.90 Å². The SMILES string of the molecule is O=C(N1CCOCC1)N1CCN(Cc2cccc(S(=O)(=O)N3CCOCC3)c2)CC1. The molecule has 0 spiro atoms. The smallest absolute Gasteiger partial charge is 0.320 e. The molecule has 0 aromatic heterocycles. The highest BCUT2D eigenvalue weighted by Gasteiger charge is 2.28. The van der Waals surface area contributed by atoms with Crippen LogP contribution in [-0.2, 0) is 26.0 Å². The van der Waals surface area contributed by atoms with Gasteiger partial charge < -0.3 is 19.3 Å². The molecule has 4 rings (SSSR count). The number of sulfonamides is 1. The van der Waals surface area contributed by atoms with Crippen molar-refractivity contribution in [3.8, 4) is 0 Å². The Labute approximate surface area is 178 Å². The molecule has 1 aromatic carbocycles. The van der Waals surface area contributed by atoms with Gasteiger partial charge in [0.2, 0.25) is 10.0 Å². The number of hydrogen-bond donors (Lipinski definition) is 0. The number of carbonyl (C=O) groups is 1. The third-order valence-corrected chi connectivity index (χ3v) is 7.73. The zero-order valence-electron chi connectivity index (χ0n) is 17.2. The van der Waals surface area contributed by atoms with Gasteiger partial charge in [-0.2, -0.15) is 4.31 Å². The van der Waals surface area contributed by atoms with Gasteiger partial charge in [-0.1, -0.05) is 12.1 Å². The fourth-order valence-corrected chi connectivity index (χ4v) is 5.53. The van der Waals surface area contributed by atoms with Crippen molar-refractivity contribution in [3.63, 3.8) is 0 Å². The van der Waals surface area contributed by atoms with Crippen LogP contribution in [0.5, 0.6) is 0 Å². The average molecular weight is 439 g/mol. The van der Waals surface area contributed by atoms with Crippen molar-refractivity contribution in [1.82, 2.24) is 19.0 Å². The Bertz CT molecular complexity index is 829. The quantitative estimate of drug-likeness (QED) is 0.672. The van der Waals surface area contributed by atoms with E-state index in [1.165, 1.54) is 4.31 Å². The van der Waals surface area contributed by atoms with Gasteiger partial charge in [0, 0.05) is 58.9 Å². The maximum atomic E-state index is 12.9. The molecular formula is C20H30N4O5S. The normalized spacial score (nSPS) is 22.3. The topological polar surface area (TPSA) is 82.6 Å². The minimum atomic E-state index is -3.49. The summed E-state index contributed by atoms with van der Waals surface area (Å²) in [7, 11) is -3.49. The zero-order valence-corrected chi connectivity index (χ0v) is 18.1. The van der Waals surface area contributed by atoms with Crippen molar-refractivity contribution in [2.45, 2.75) is 11.4 Å². The highest BCUT2D eigenvalue weighted by Crippen LogP contribution is 2.20. The first-order chi connectivity index (χ1) is 14.5. The van der Waals surface area contributed by atoms with E-state index in [1.54, 1.807) is 18.2 Å². The van der Waals surface area contributed by atoms with Crippen molar-refractivity contribution in [2.75, 3.05) is 78.8 Å². The molecular weight excluding hydrogens is 408 g/mol. The number of ether oxygens (including phenoxy) is 2. The summed E-state index contributed by atoms with van der Waals surface area (Å²) in [6, 6.07) is 7.30. The third kappa shape index (κ3) is 4.94. The number of urea groups is 1. The largest absolute Gasteiger partial charge is 0.379 e. The molecule has 3 heterocycles. The van der Waals surface area contributed by atoms with Gasteiger partial charge >= 0.3 is 6.03 Å². The van der Waals surface area contributed by atoms with Crippen LogP contribution in [0.1, 0.15) is 5.56 Å². The van der Waals surface area contributed by atoms with Crippen LogP contribution in [0.25, 0.3) is 0 Å². The molecule has 3 fully saturated rings. The number of rotatable bonds is 4. The first kappa shape index (κ1) is 21.5. The maximum Gasteiger partial charge on any atom is 0.320 e. The number of piperazine rings is 1. The van der Waals surface area contributed by atoms with Crippen molar-refractivity contribution < 1.29 is 22.7 Å². The van der Waals surface area contributed by atoms with Gasteiger partial charge in [0.1, 0.15) is 0 Å². The van der Waals surface area contributed by atoms with Crippen LogP contribution in [-0.4, -0.2) is 112 Å². The predicted octanol–water partition coefficient (Wildman–Crippen LogP) is 0.277. The first-order valence-electron chi connectivity index (χ1n) is 10.5. The second-order valence-corrected chi connectivity index (χ2v) is 9.75. The van der Waals surface area contributed by atoms with Crippen molar-refractivity contribution >= 4 is 16.1 Å². The summed E-state index contributed by atoms with van der Waals surface area (Å²) >= 11 is 0. The predicted molar refractivity (Wildman–Crippen MR) is 111 cm³/mol. The number of amides is 2. The van der Waals surface area contributed by atoms with E-state index in [0.717, 1.165) is 18.7 Å². The summed E-state index contributed by atoms with van der Waals surface area (Å²) in [6.45, 7) is 7.77. The average Bonchev–Trinajstić information content (AvgIpc) is 2.80. The Morgan fingerprint density at radius 3 is 2.10 bits per heavy atom. The molecule has 3 aliphatic heterocycles. The van der Waals surface area contributed by atoms with Crippen LogP contribution in [0.3, 0.4) is 0 Å². The second-order valence-electron chi connectivity index (χ2n) is 7.81. The number of hydrogen-bond acceptors (Lipinski definition) is 6. The molecule has 3 saturated heterocycles. The lowest BCUT2D eigenvalue weighted by atomic mass is 10.2. The van der Waals surface area contributed by atoms with Crippen molar-refractivity contribution in [3.05, 3.63) is 29.8 Å². The minimum Gasteiger partial charge on any atom is -0.379 e. The molecule has 9 nitrogen and oxygen atoms in total. The van der Waals surface area contributed by atoms with E-state index < -0.39 is 10.0 Å². The van der Waals surface area contributed by atoms with Crippen LogP contribution in [0.2, 0.25) is 0 Å². The Balaban J connectivity index is 1.33. The van der Waals surface area contributed by atoms with Gasteiger partial charge in [-0.15, -0.1) is 0 Å². The molecule has 30 heavy (non-hydrogen) atoms. The highest BCUT2D eigenvalue weighted by molar-refractivity contribution is 7.89. The van der Waals surface area contributed by atoms with Crippen LogP contribution in [0, 0.1) is 0 Å². The minimum absolute atomic E-state index is 0.0940. The van der Waals surface area contributed by atoms with E-state index >= 15 is 0 Å². The zero-order chi connectivity index (χ0) is 21.0. The summed E-state index contributed by atoms with van der Waals surface area (Å²) in [6.07, 6.45) is 0. The summed E-state index contributed by atoms with van der Waals surface area (Å²) in [5, 5.41) is 0. The van der Waals surface area contributed by atoms with Crippen LogP contribution >= 0.6 is 0 Å². The lowest BCUT2D eigenvalue weighted by molar-refractivity contribution is 0.0373. The van der Waals surface area contributed by atoms with E-state index in [0.29, 0.717) is 77.1 Å².